The standard InChI is InChI=1S/C23H18F2N4O/c1-27-20(30)12-17(16-8-5-9-18(24)21(16)25)15-10-11-19-28-23(26)22(29(19)13-15)14-6-3-2-4-7-14/h2-13H,26H2,1H3,(H,27,30). The Labute approximate surface area is 171 Å². The first-order chi connectivity index (χ1) is 14.5. The number of nitrogens with one attached hydrogen (secondary N) is 1. The van der Waals surface area contributed by atoms with Crippen molar-refractivity contribution in [1.82, 2.24) is 14.7 Å². The smallest absolute Gasteiger partial charge is 0.244 e. The van der Waals surface area contributed by atoms with E-state index in [0.29, 0.717) is 22.7 Å². The number of carbonyl (C=O) groups is 1. The molecule has 150 valence electrons. The van der Waals surface area contributed by atoms with Crippen molar-refractivity contribution in [3.63, 3.8) is 0 Å². The van der Waals surface area contributed by atoms with Gasteiger partial charge in [-0.15, -0.1) is 0 Å². The van der Waals surface area contributed by atoms with Gasteiger partial charge in [0.1, 0.15) is 5.65 Å². The molecule has 0 unspecified atom stereocenters. The molecule has 4 aromatic rings. The number of hydrogen-bond acceptors (Lipinski definition) is 3. The van der Waals surface area contributed by atoms with Gasteiger partial charge in [0.15, 0.2) is 17.5 Å². The molecule has 0 aliphatic carbocycles. The molecule has 5 nitrogen and oxygen atoms in total. The third-order valence-corrected chi connectivity index (χ3v) is 4.77. The Balaban J connectivity index is 1.96. The van der Waals surface area contributed by atoms with Crippen molar-refractivity contribution in [2.45, 2.75) is 0 Å². The summed E-state index contributed by atoms with van der Waals surface area (Å²) in [6.07, 6.45) is 2.95. The van der Waals surface area contributed by atoms with Crippen molar-refractivity contribution in [3.05, 3.63) is 95.7 Å². The Kier molecular flexibility index (Phi) is 5.02. The quantitative estimate of drug-likeness (QED) is 0.504. The Morgan fingerprint density at radius 2 is 1.83 bits per heavy atom. The monoisotopic (exact) mass is 404 g/mol. The summed E-state index contributed by atoms with van der Waals surface area (Å²) in [5.41, 5.74) is 8.99. The Morgan fingerprint density at radius 3 is 2.57 bits per heavy atom. The Bertz CT molecular complexity index is 1280. The van der Waals surface area contributed by atoms with Crippen molar-refractivity contribution in [1.29, 1.82) is 0 Å². The zero-order chi connectivity index (χ0) is 21.3. The van der Waals surface area contributed by atoms with Crippen molar-refractivity contribution >= 4 is 22.9 Å². The molecule has 0 atom stereocenters. The number of likely N-dealkylation sites (N-methyl/N-ethyl adjacent to an activating group) is 1. The molecule has 30 heavy (non-hydrogen) atoms. The first-order valence-corrected chi connectivity index (χ1v) is 9.20. The third-order valence-electron chi connectivity index (χ3n) is 4.77. The number of amides is 1. The molecule has 1 amide bonds. The van der Waals surface area contributed by atoms with Gasteiger partial charge >= 0.3 is 0 Å². The van der Waals surface area contributed by atoms with Crippen LogP contribution < -0.4 is 11.1 Å². The van der Waals surface area contributed by atoms with Gasteiger partial charge in [0.2, 0.25) is 5.91 Å². The van der Waals surface area contributed by atoms with Gasteiger partial charge in [-0.2, -0.15) is 0 Å². The van der Waals surface area contributed by atoms with Gasteiger partial charge < -0.3 is 11.1 Å². The molecule has 0 bridgehead atoms. The molecular formula is C23H18F2N4O. The zero-order valence-electron chi connectivity index (χ0n) is 16.1. The van der Waals surface area contributed by atoms with Crippen molar-refractivity contribution < 1.29 is 13.6 Å². The SMILES string of the molecule is CNC(=O)C=C(c1ccc2nc(N)c(-c3ccccc3)n2c1)c1cccc(F)c1F. The van der Waals surface area contributed by atoms with Gasteiger partial charge in [0, 0.05) is 30.4 Å². The van der Waals surface area contributed by atoms with E-state index in [1.54, 1.807) is 22.7 Å². The van der Waals surface area contributed by atoms with Crippen LogP contribution in [0.25, 0.3) is 22.5 Å². The van der Waals surface area contributed by atoms with E-state index in [1.165, 1.54) is 25.3 Å². The maximum Gasteiger partial charge on any atom is 0.244 e. The van der Waals surface area contributed by atoms with Gasteiger partial charge in [0.05, 0.1) is 5.69 Å². The van der Waals surface area contributed by atoms with Crippen LogP contribution in [-0.2, 0) is 4.79 Å². The topological polar surface area (TPSA) is 72.4 Å². The summed E-state index contributed by atoms with van der Waals surface area (Å²) in [4.78, 5) is 16.5. The molecule has 0 saturated heterocycles. The summed E-state index contributed by atoms with van der Waals surface area (Å²) >= 11 is 0. The van der Waals surface area contributed by atoms with Crippen LogP contribution in [0, 0.1) is 11.6 Å². The van der Waals surface area contributed by atoms with E-state index in [-0.39, 0.29) is 11.1 Å². The minimum absolute atomic E-state index is 0.0210. The lowest BCUT2D eigenvalue weighted by molar-refractivity contribution is -0.116. The van der Waals surface area contributed by atoms with Crippen molar-refractivity contribution in [2.24, 2.45) is 0 Å². The number of nitrogen functional groups attached to an aromatic ring is 1. The largest absolute Gasteiger partial charge is 0.382 e. The second kappa shape index (κ2) is 7.79. The fourth-order valence-electron chi connectivity index (χ4n) is 3.34. The lowest BCUT2D eigenvalue weighted by Crippen LogP contribution is -2.15. The summed E-state index contributed by atoms with van der Waals surface area (Å²) in [6.45, 7) is 0. The number of halogens is 2. The average Bonchev–Trinajstić information content (AvgIpc) is 3.09. The predicted molar refractivity (Wildman–Crippen MR) is 113 cm³/mol. The van der Waals surface area contributed by atoms with Crippen LogP contribution in [0.15, 0.2) is 72.9 Å². The number of rotatable bonds is 4. The fraction of sp³-hybridized carbons (Fsp3) is 0.0435. The molecule has 0 radical (unpaired) electrons. The summed E-state index contributed by atoms with van der Waals surface area (Å²) in [7, 11) is 1.46. The van der Waals surface area contributed by atoms with Crippen LogP contribution in [0.2, 0.25) is 0 Å². The van der Waals surface area contributed by atoms with E-state index in [1.807, 2.05) is 30.3 Å². The lowest BCUT2D eigenvalue weighted by Gasteiger charge is -2.12. The molecule has 0 fully saturated rings. The Morgan fingerprint density at radius 1 is 1.07 bits per heavy atom. The highest BCUT2D eigenvalue weighted by Crippen LogP contribution is 2.31. The second-order valence-corrected chi connectivity index (χ2v) is 6.63. The van der Waals surface area contributed by atoms with Crippen molar-refractivity contribution in [3.8, 4) is 11.3 Å². The fourth-order valence-corrected chi connectivity index (χ4v) is 3.34. The van der Waals surface area contributed by atoms with Gasteiger partial charge in [0.25, 0.3) is 0 Å². The van der Waals surface area contributed by atoms with E-state index >= 15 is 0 Å². The summed E-state index contributed by atoms with van der Waals surface area (Å²) in [5, 5.41) is 2.48. The number of benzene rings is 2. The highest BCUT2D eigenvalue weighted by atomic mass is 19.2. The van der Waals surface area contributed by atoms with Crippen LogP contribution in [0.4, 0.5) is 14.6 Å². The molecule has 7 heteroatoms. The second-order valence-electron chi connectivity index (χ2n) is 6.63. The number of nitrogens with zero attached hydrogens (tertiary/aromatic N) is 2. The average molecular weight is 404 g/mol. The van der Waals surface area contributed by atoms with E-state index in [0.717, 1.165) is 11.6 Å². The Hall–Kier alpha value is -4.00. The first kappa shape index (κ1) is 19.3. The number of aromatic nitrogens is 2. The highest BCUT2D eigenvalue weighted by molar-refractivity contribution is 5.99. The van der Waals surface area contributed by atoms with Crippen molar-refractivity contribution in [2.75, 3.05) is 12.8 Å². The maximum absolute atomic E-state index is 14.6. The van der Waals surface area contributed by atoms with E-state index in [9.17, 15) is 13.6 Å². The molecule has 0 aliphatic heterocycles. The number of nitrogens with two attached hydrogens (primary N) is 1. The number of hydrogen-bond donors (Lipinski definition) is 2. The summed E-state index contributed by atoms with van der Waals surface area (Å²) < 4.78 is 30.2. The molecule has 2 aromatic heterocycles. The summed E-state index contributed by atoms with van der Waals surface area (Å²) in [5.74, 6) is -2.12. The van der Waals surface area contributed by atoms with Gasteiger partial charge in [-0.1, -0.05) is 42.5 Å². The molecule has 4 rings (SSSR count). The van der Waals surface area contributed by atoms with Gasteiger partial charge in [-0.05, 0) is 29.3 Å². The van der Waals surface area contributed by atoms with Crippen LogP contribution in [0.3, 0.4) is 0 Å². The summed E-state index contributed by atoms with van der Waals surface area (Å²) in [6, 6.07) is 16.7. The molecule has 0 saturated carbocycles. The molecular weight excluding hydrogens is 386 g/mol. The van der Waals surface area contributed by atoms with E-state index < -0.39 is 17.5 Å². The lowest BCUT2D eigenvalue weighted by atomic mass is 9.98. The minimum Gasteiger partial charge on any atom is -0.382 e. The number of carbonyl (C=O) groups excluding carboxylic acids is 1. The van der Waals surface area contributed by atoms with E-state index in [4.69, 9.17) is 5.73 Å². The number of anilines is 1. The normalized spacial score (nSPS) is 11.6. The number of fused-ring (bicyclic) bond motifs is 1. The molecule has 3 N–H and O–H groups in total. The number of pyridine rings is 1. The molecule has 0 spiro atoms. The van der Waals surface area contributed by atoms with Crippen LogP contribution in [0.1, 0.15) is 11.1 Å². The number of imidazole rings is 1. The highest BCUT2D eigenvalue weighted by Gasteiger charge is 2.18. The zero-order valence-corrected chi connectivity index (χ0v) is 16.1. The predicted octanol–water partition coefficient (Wildman–Crippen LogP) is 4.04. The van der Waals surface area contributed by atoms with Crippen LogP contribution in [-0.4, -0.2) is 22.3 Å². The van der Waals surface area contributed by atoms with Crippen LogP contribution in [0.5, 0.6) is 0 Å². The molecule has 2 aromatic carbocycles. The van der Waals surface area contributed by atoms with Crippen LogP contribution >= 0.6 is 0 Å². The maximum atomic E-state index is 14.6. The molecule has 2 heterocycles. The first-order valence-electron chi connectivity index (χ1n) is 9.20. The minimum atomic E-state index is -1.03. The molecule has 0 aliphatic rings. The van der Waals surface area contributed by atoms with Gasteiger partial charge in [-0.25, -0.2) is 13.8 Å². The van der Waals surface area contributed by atoms with E-state index in [2.05, 4.69) is 10.3 Å². The third kappa shape index (κ3) is 3.41. The van der Waals surface area contributed by atoms with Gasteiger partial charge in [-0.3, -0.25) is 9.20 Å².